The van der Waals surface area contributed by atoms with Crippen molar-refractivity contribution in [2.45, 2.75) is 40.7 Å². The summed E-state index contributed by atoms with van der Waals surface area (Å²) in [6.45, 7) is 9.14. The normalized spacial score (nSPS) is 17.7. The molecule has 10 heteroatoms. The molecule has 2 amide bonds. The van der Waals surface area contributed by atoms with E-state index in [4.69, 9.17) is 4.74 Å². The molecule has 1 aliphatic heterocycles. The van der Waals surface area contributed by atoms with Gasteiger partial charge in [0.05, 0.1) is 34.4 Å². The fourth-order valence-electron chi connectivity index (χ4n) is 4.76. The van der Waals surface area contributed by atoms with Gasteiger partial charge in [0.25, 0.3) is 11.5 Å². The van der Waals surface area contributed by atoms with Crippen LogP contribution in [0, 0.1) is 18.8 Å². The average Bonchev–Trinajstić information content (AvgIpc) is 3.17. The second kappa shape index (κ2) is 10.6. The van der Waals surface area contributed by atoms with Gasteiger partial charge in [-0.15, -0.1) is 11.3 Å². The van der Waals surface area contributed by atoms with Gasteiger partial charge in [-0.3, -0.25) is 19.0 Å². The number of nitrogens with zero attached hydrogens (tertiary/aromatic N) is 3. The van der Waals surface area contributed by atoms with Crippen LogP contribution in [0.3, 0.4) is 0 Å². The number of carbonyl (C=O) groups is 3. The van der Waals surface area contributed by atoms with Gasteiger partial charge < -0.3 is 15.0 Å². The van der Waals surface area contributed by atoms with Crippen molar-refractivity contribution in [1.82, 2.24) is 14.5 Å². The first kappa shape index (κ1) is 25.6. The van der Waals surface area contributed by atoms with Gasteiger partial charge in [-0.25, -0.2) is 9.78 Å². The molecule has 3 aromatic rings. The molecule has 36 heavy (non-hydrogen) atoms. The number of anilines is 1. The van der Waals surface area contributed by atoms with Crippen molar-refractivity contribution in [1.29, 1.82) is 0 Å². The van der Waals surface area contributed by atoms with Gasteiger partial charge in [-0.2, -0.15) is 0 Å². The molecule has 0 saturated carbocycles. The maximum Gasteiger partial charge on any atom is 0.340 e. The Morgan fingerprint density at radius 1 is 1.17 bits per heavy atom. The molecular weight excluding hydrogens is 480 g/mol. The monoisotopic (exact) mass is 510 g/mol. The third-order valence-corrected chi connectivity index (χ3v) is 7.52. The molecule has 2 atom stereocenters. The Bertz CT molecular complexity index is 1370. The fourth-order valence-corrected chi connectivity index (χ4v) is 5.79. The highest BCUT2D eigenvalue weighted by Crippen LogP contribution is 2.28. The molecule has 1 saturated heterocycles. The Hall–Kier alpha value is -3.53. The Kier molecular flexibility index (Phi) is 7.53. The molecule has 1 N–H and O–H groups in total. The number of aryl methyl sites for hydroxylation is 1. The van der Waals surface area contributed by atoms with Crippen LogP contribution in [0.5, 0.6) is 0 Å². The average molecular weight is 511 g/mol. The van der Waals surface area contributed by atoms with Crippen LogP contribution < -0.4 is 10.9 Å². The molecule has 9 nitrogen and oxygen atoms in total. The first-order valence-electron chi connectivity index (χ1n) is 12.0. The Morgan fingerprint density at radius 3 is 2.56 bits per heavy atom. The molecule has 1 aromatic carbocycles. The number of piperidine rings is 1. The number of amides is 2. The second-order valence-electron chi connectivity index (χ2n) is 9.38. The van der Waals surface area contributed by atoms with Crippen molar-refractivity contribution in [2.75, 3.05) is 25.0 Å². The molecule has 0 unspecified atom stereocenters. The number of hydrogen-bond acceptors (Lipinski definition) is 7. The van der Waals surface area contributed by atoms with Gasteiger partial charge in [0, 0.05) is 13.1 Å². The number of para-hydroxylation sites is 1. The summed E-state index contributed by atoms with van der Waals surface area (Å²) < 4.78 is 6.38. The number of aromatic nitrogens is 2. The Morgan fingerprint density at radius 2 is 1.86 bits per heavy atom. The van der Waals surface area contributed by atoms with Crippen molar-refractivity contribution in [3.63, 3.8) is 0 Å². The van der Waals surface area contributed by atoms with Crippen LogP contribution in [0.25, 0.3) is 10.2 Å². The smallest absolute Gasteiger partial charge is 0.340 e. The zero-order chi connectivity index (χ0) is 26.0. The van der Waals surface area contributed by atoms with Crippen molar-refractivity contribution in [2.24, 2.45) is 11.8 Å². The summed E-state index contributed by atoms with van der Waals surface area (Å²) in [5.74, 6) is -0.259. The highest BCUT2D eigenvalue weighted by atomic mass is 32.1. The van der Waals surface area contributed by atoms with E-state index in [1.54, 1.807) is 38.1 Å². The van der Waals surface area contributed by atoms with Crippen molar-refractivity contribution in [3.8, 4) is 0 Å². The van der Waals surface area contributed by atoms with E-state index < -0.39 is 11.9 Å². The summed E-state index contributed by atoms with van der Waals surface area (Å²) in [6.07, 6.45) is 2.45. The van der Waals surface area contributed by atoms with Gasteiger partial charge in [0.1, 0.15) is 11.4 Å². The number of likely N-dealkylation sites (tertiary alicyclic amines) is 1. The number of carbonyl (C=O) groups excluding carboxylic acids is 3. The zero-order valence-electron chi connectivity index (χ0n) is 20.9. The van der Waals surface area contributed by atoms with Gasteiger partial charge >= 0.3 is 5.97 Å². The van der Waals surface area contributed by atoms with E-state index in [-0.39, 0.29) is 30.2 Å². The summed E-state index contributed by atoms with van der Waals surface area (Å²) in [5, 5.41) is 3.08. The molecule has 3 heterocycles. The van der Waals surface area contributed by atoms with Gasteiger partial charge in [0.15, 0.2) is 0 Å². The topological polar surface area (TPSA) is 111 Å². The number of benzene rings is 1. The fraction of sp³-hybridized carbons (Fsp3) is 0.423. The Labute approximate surface area is 213 Å². The summed E-state index contributed by atoms with van der Waals surface area (Å²) in [5.41, 5.74) is 0.692. The van der Waals surface area contributed by atoms with Crippen LogP contribution in [-0.2, 0) is 16.1 Å². The van der Waals surface area contributed by atoms with Crippen molar-refractivity contribution >= 4 is 45.0 Å². The van der Waals surface area contributed by atoms with E-state index in [0.717, 1.165) is 17.8 Å². The first-order chi connectivity index (χ1) is 17.2. The van der Waals surface area contributed by atoms with E-state index in [2.05, 4.69) is 24.1 Å². The van der Waals surface area contributed by atoms with Crippen LogP contribution >= 0.6 is 11.3 Å². The number of rotatable bonds is 6. The molecule has 2 aromatic heterocycles. The summed E-state index contributed by atoms with van der Waals surface area (Å²) in [4.78, 5) is 58.5. The van der Waals surface area contributed by atoms with E-state index in [9.17, 15) is 19.2 Å². The molecule has 0 spiro atoms. The van der Waals surface area contributed by atoms with E-state index in [0.29, 0.717) is 51.3 Å². The van der Waals surface area contributed by atoms with Crippen molar-refractivity contribution < 1.29 is 19.1 Å². The minimum atomic E-state index is -0.534. The largest absolute Gasteiger partial charge is 0.462 e. The molecule has 0 aliphatic carbocycles. The maximum absolute atomic E-state index is 13.3. The zero-order valence-corrected chi connectivity index (χ0v) is 21.7. The first-order valence-corrected chi connectivity index (χ1v) is 12.8. The van der Waals surface area contributed by atoms with Gasteiger partial charge in [-0.1, -0.05) is 26.0 Å². The lowest BCUT2D eigenvalue weighted by Gasteiger charge is -2.35. The molecule has 0 bridgehead atoms. The van der Waals surface area contributed by atoms with E-state index in [1.807, 2.05) is 4.90 Å². The molecule has 0 radical (unpaired) electrons. The number of ether oxygens (including phenoxy) is 1. The highest BCUT2D eigenvalue weighted by Gasteiger charge is 2.26. The third kappa shape index (κ3) is 5.18. The maximum atomic E-state index is 13.3. The van der Waals surface area contributed by atoms with Crippen LogP contribution in [-0.4, -0.2) is 51.9 Å². The SMILES string of the molecule is CCOC(=O)c1ccccc1NC(=O)c1sc2ncn(CC(=O)N3C[C@H](C)C[C@H](C)C3)c(=O)c2c1C. The van der Waals surface area contributed by atoms with E-state index in [1.165, 1.54) is 10.9 Å². The number of nitrogens with one attached hydrogen (secondary N) is 1. The Balaban J connectivity index is 1.59. The van der Waals surface area contributed by atoms with Crippen LogP contribution in [0.15, 0.2) is 35.4 Å². The van der Waals surface area contributed by atoms with Crippen LogP contribution in [0.4, 0.5) is 5.69 Å². The number of fused-ring (bicyclic) bond motifs is 1. The van der Waals surface area contributed by atoms with Gasteiger partial charge in [0.2, 0.25) is 5.91 Å². The van der Waals surface area contributed by atoms with E-state index >= 15 is 0 Å². The second-order valence-corrected chi connectivity index (χ2v) is 10.4. The van der Waals surface area contributed by atoms with Crippen LogP contribution in [0.1, 0.15) is 52.8 Å². The van der Waals surface area contributed by atoms with Crippen molar-refractivity contribution in [3.05, 3.63) is 57.0 Å². The lowest BCUT2D eigenvalue weighted by molar-refractivity contribution is -0.134. The highest BCUT2D eigenvalue weighted by molar-refractivity contribution is 7.20. The minimum absolute atomic E-state index is 0.0923. The minimum Gasteiger partial charge on any atom is -0.462 e. The molecule has 1 fully saturated rings. The number of thiophene rings is 1. The molecule has 1 aliphatic rings. The summed E-state index contributed by atoms with van der Waals surface area (Å²) >= 11 is 1.10. The standard InChI is InChI=1S/C26H30N4O5S/c1-5-35-26(34)18-8-6-7-9-19(18)28-23(32)22-17(4)21-24(36-22)27-14-30(25(21)33)13-20(31)29-11-15(2)10-16(3)12-29/h6-9,14-16H,5,10-13H2,1-4H3,(H,28,32)/t15-,16+. The quantitative estimate of drug-likeness (QED) is 0.507. The lowest BCUT2D eigenvalue weighted by atomic mass is 9.92. The molecule has 4 rings (SSSR count). The summed E-state index contributed by atoms with van der Waals surface area (Å²) in [7, 11) is 0. The molecular formula is C26H30N4O5S. The molecule has 190 valence electrons. The lowest BCUT2D eigenvalue weighted by Crippen LogP contribution is -2.44. The van der Waals surface area contributed by atoms with Gasteiger partial charge in [-0.05, 0) is 49.8 Å². The van der Waals surface area contributed by atoms with Crippen LogP contribution in [0.2, 0.25) is 0 Å². The summed E-state index contributed by atoms with van der Waals surface area (Å²) in [6, 6.07) is 6.58. The number of hydrogen-bond donors (Lipinski definition) is 1. The predicted molar refractivity (Wildman–Crippen MR) is 138 cm³/mol. The number of esters is 1. The predicted octanol–water partition coefficient (Wildman–Crippen LogP) is 3.70. The third-order valence-electron chi connectivity index (χ3n) is 6.32.